The molecule has 0 aliphatic heterocycles. The quantitative estimate of drug-likeness (QED) is 0.220. The van der Waals surface area contributed by atoms with Crippen LogP contribution in [0, 0.1) is 6.92 Å². The fourth-order valence-corrected chi connectivity index (χ4v) is 5.23. The summed E-state index contributed by atoms with van der Waals surface area (Å²) in [5.41, 5.74) is 4.93. The molecule has 0 aliphatic rings. The van der Waals surface area contributed by atoms with Gasteiger partial charge in [-0.05, 0) is 53.4 Å². The number of para-hydroxylation sites is 1. The molecule has 3 N–H and O–H groups in total. The SMILES string of the molecule is COc1cc(-c2ccc(CNC(C)=O)cc2)c(C)cc1Nc1ncc(Cl)c(Nc2ccccc2S(=O)(=O)N(C)C)n1. The second kappa shape index (κ2) is 12.5. The van der Waals surface area contributed by atoms with Crippen molar-refractivity contribution in [1.29, 1.82) is 0 Å². The number of sulfonamides is 1. The number of ether oxygens (including phenoxy) is 1. The molecule has 0 atom stereocenters. The molecule has 12 heteroatoms. The topological polar surface area (TPSA) is 126 Å². The highest BCUT2D eigenvalue weighted by Gasteiger charge is 2.22. The highest BCUT2D eigenvalue weighted by atomic mass is 35.5. The normalized spacial score (nSPS) is 11.3. The van der Waals surface area contributed by atoms with E-state index in [1.807, 2.05) is 43.3 Å². The number of hydrogen-bond acceptors (Lipinski definition) is 8. The number of amides is 1. The summed E-state index contributed by atoms with van der Waals surface area (Å²) >= 11 is 6.38. The van der Waals surface area contributed by atoms with E-state index in [0.29, 0.717) is 23.7 Å². The highest BCUT2D eigenvalue weighted by Crippen LogP contribution is 2.36. The molecule has 1 heterocycles. The van der Waals surface area contributed by atoms with E-state index in [4.69, 9.17) is 16.3 Å². The molecule has 41 heavy (non-hydrogen) atoms. The Balaban J connectivity index is 1.61. The molecule has 0 aliphatic carbocycles. The predicted molar refractivity (Wildman–Crippen MR) is 162 cm³/mol. The Bertz CT molecular complexity index is 1680. The summed E-state index contributed by atoms with van der Waals surface area (Å²) in [5, 5.41) is 9.23. The first kappa shape index (κ1) is 29.8. The average molecular weight is 595 g/mol. The Labute approximate surface area is 244 Å². The largest absolute Gasteiger partial charge is 0.495 e. The number of rotatable bonds is 10. The van der Waals surface area contributed by atoms with Crippen LogP contribution in [0.25, 0.3) is 11.1 Å². The monoisotopic (exact) mass is 594 g/mol. The number of nitrogens with zero attached hydrogens (tertiary/aromatic N) is 3. The molecular weight excluding hydrogens is 564 g/mol. The lowest BCUT2D eigenvalue weighted by Gasteiger charge is -2.17. The number of methoxy groups -OCH3 is 1. The zero-order valence-corrected chi connectivity index (χ0v) is 24.9. The average Bonchev–Trinajstić information content (AvgIpc) is 2.94. The van der Waals surface area contributed by atoms with Gasteiger partial charge in [0.05, 0.1) is 24.7 Å². The van der Waals surface area contributed by atoms with Gasteiger partial charge in [0.1, 0.15) is 15.7 Å². The Morgan fingerprint density at radius 3 is 2.39 bits per heavy atom. The van der Waals surface area contributed by atoms with E-state index in [-0.39, 0.29) is 27.6 Å². The maximum absolute atomic E-state index is 12.8. The number of aromatic nitrogens is 2. The van der Waals surface area contributed by atoms with Gasteiger partial charge in [-0.3, -0.25) is 4.79 Å². The van der Waals surface area contributed by atoms with Crippen molar-refractivity contribution in [3.8, 4) is 16.9 Å². The lowest BCUT2D eigenvalue weighted by atomic mass is 9.98. The zero-order chi connectivity index (χ0) is 29.7. The van der Waals surface area contributed by atoms with Crippen molar-refractivity contribution in [2.24, 2.45) is 0 Å². The number of aryl methyl sites for hydroxylation is 1. The molecule has 0 radical (unpaired) electrons. The van der Waals surface area contributed by atoms with Crippen LogP contribution in [-0.2, 0) is 21.4 Å². The van der Waals surface area contributed by atoms with Gasteiger partial charge in [-0.15, -0.1) is 0 Å². The van der Waals surface area contributed by atoms with Crippen molar-refractivity contribution >= 4 is 50.7 Å². The van der Waals surface area contributed by atoms with Gasteiger partial charge in [0.2, 0.25) is 21.9 Å². The van der Waals surface area contributed by atoms with Gasteiger partial charge >= 0.3 is 0 Å². The molecule has 214 valence electrons. The molecule has 10 nitrogen and oxygen atoms in total. The minimum atomic E-state index is -3.71. The molecule has 4 rings (SSSR count). The van der Waals surface area contributed by atoms with Crippen LogP contribution in [0.3, 0.4) is 0 Å². The lowest BCUT2D eigenvalue weighted by Crippen LogP contribution is -2.23. The second-order valence-electron chi connectivity index (χ2n) is 9.40. The molecule has 0 fully saturated rings. The summed E-state index contributed by atoms with van der Waals surface area (Å²) in [6.45, 7) is 3.95. The maximum atomic E-state index is 12.8. The molecule has 0 bridgehead atoms. The van der Waals surface area contributed by atoms with Crippen molar-refractivity contribution in [3.63, 3.8) is 0 Å². The van der Waals surface area contributed by atoms with E-state index in [2.05, 4.69) is 25.9 Å². The molecule has 1 amide bonds. The Hall–Kier alpha value is -4.19. The van der Waals surface area contributed by atoms with E-state index >= 15 is 0 Å². The fraction of sp³-hybridized carbons (Fsp3) is 0.207. The van der Waals surface area contributed by atoms with E-state index < -0.39 is 10.0 Å². The standard InChI is InChI=1S/C29H31ClN6O4S/c1-18-14-25(26(40-5)15-22(18)21-12-10-20(11-13-21)16-31-19(2)37)34-29-32-17-23(30)28(35-29)33-24-8-6-7-9-27(24)41(38,39)36(3)4/h6-15,17H,16H2,1-5H3,(H,31,37)(H2,32,33,34,35). The molecular formula is C29H31ClN6O4S. The van der Waals surface area contributed by atoms with E-state index in [1.165, 1.54) is 33.3 Å². The molecule has 1 aromatic heterocycles. The number of hydrogen-bond donors (Lipinski definition) is 3. The molecule has 0 unspecified atom stereocenters. The lowest BCUT2D eigenvalue weighted by molar-refractivity contribution is -0.119. The Morgan fingerprint density at radius 2 is 1.73 bits per heavy atom. The third-order valence-electron chi connectivity index (χ3n) is 6.24. The van der Waals surface area contributed by atoms with Crippen LogP contribution in [0.1, 0.15) is 18.1 Å². The summed E-state index contributed by atoms with van der Waals surface area (Å²) < 4.78 is 32.4. The van der Waals surface area contributed by atoms with E-state index in [1.54, 1.807) is 25.3 Å². The van der Waals surface area contributed by atoms with Crippen LogP contribution in [-0.4, -0.2) is 49.8 Å². The first-order chi connectivity index (χ1) is 19.5. The van der Waals surface area contributed by atoms with Crippen molar-refractivity contribution in [1.82, 2.24) is 19.6 Å². The van der Waals surface area contributed by atoms with Crippen LogP contribution in [0.15, 0.2) is 71.8 Å². The van der Waals surface area contributed by atoms with Gasteiger partial charge < -0.3 is 20.7 Å². The van der Waals surface area contributed by atoms with Gasteiger partial charge in [-0.1, -0.05) is 48.0 Å². The van der Waals surface area contributed by atoms with Gasteiger partial charge in [-0.25, -0.2) is 17.7 Å². The number of halogens is 1. The van der Waals surface area contributed by atoms with E-state index in [0.717, 1.165) is 26.6 Å². The number of carbonyl (C=O) groups excluding carboxylic acids is 1. The molecule has 3 aromatic carbocycles. The maximum Gasteiger partial charge on any atom is 0.244 e. The van der Waals surface area contributed by atoms with Crippen LogP contribution >= 0.6 is 11.6 Å². The summed E-state index contributed by atoms with van der Waals surface area (Å²) in [6.07, 6.45) is 1.43. The van der Waals surface area contributed by atoms with Gasteiger partial charge in [-0.2, -0.15) is 4.98 Å². The van der Waals surface area contributed by atoms with Crippen LogP contribution in [0.2, 0.25) is 5.02 Å². The van der Waals surface area contributed by atoms with Crippen molar-refractivity contribution in [3.05, 3.63) is 83.0 Å². The summed E-state index contributed by atoms with van der Waals surface area (Å²) in [6, 6.07) is 18.3. The highest BCUT2D eigenvalue weighted by molar-refractivity contribution is 7.89. The minimum absolute atomic E-state index is 0.0765. The van der Waals surface area contributed by atoms with Crippen LogP contribution in [0.4, 0.5) is 23.1 Å². The first-order valence-corrected chi connectivity index (χ1v) is 14.4. The van der Waals surface area contributed by atoms with Crippen LogP contribution in [0.5, 0.6) is 5.75 Å². The number of anilines is 4. The minimum Gasteiger partial charge on any atom is -0.495 e. The second-order valence-corrected chi connectivity index (χ2v) is 11.9. The summed E-state index contributed by atoms with van der Waals surface area (Å²) in [7, 11) is 0.800. The first-order valence-electron chi connectivity index (χ1n) is 12.6. The van der Waals surface area contributed by atoms with Gasteiger partial charge in [0, 0.05) is 27.6 Å². The van der Waals surface area contributed by atoms with Gasteiger partial charge in [0.25, 0.3) is 0 Å². The number of carbonyl (C=O) groups is 1. The Kier molecular flexibility index (Phi) is 9.11. The molecule has 0 spiro atoms. The van der Waals surface area contributed by atoms with Gasteiger partial charge in [0.15, 0.2) is 5.82 Å². The number of nitrogens with one attached hydrogen (secondary N) is 3. The van der Waals surface area contributed by atoms with E-state index in [9.17, 15) is 13.2 Å². The predicted octanol–water partition coefficient (Wildman–Crippen LogP) is 5.49. The molecule has 4 aromatic rings. The number of benzene rings is 3. The molecule has 0 saturated carbocycles. The third kappa shape index (κ3) is 6.94. The smallest absolute Gasteiger partial charge is 0.244 e. The molecule has 0 saturated heterocycles. The zero-order valence-electron chi connectivity index (χ0n) is 23.3. The third-order valence-corrected chi connectivity index (χ3v) is 8.39. The van der Waals surface area contributed by atoms with Crippen molar-refractivity contribution < 1.29 is 17.9 Å². The fourth-order valence-electron chi connectivity index (χ4n) is 4.05. The summed E-state index contributed by atoms with van der Waals surface area (Å²) in [5.74, 6) is 0.964. The summed E-state index contributed by atoms with van der Waals surface area (Å²) in [4.78, 5) is 20.1. The Morgan fingerprint density at radius 1 is 1.02 bits per heavy atom. The van der Waals surface area contributed by atoms with Crippen LogP contribution < -0.4 is 20.7 Å². The van der Waals surface area contributed by atoms with Crippen molar-refractivity contribution in [2.45, 2.75) is 25.3 Å². The van der Waals surface area contributed by atoms with Crippen molar-refractivity contribution in [2.75, 3.05) is 31.8 Å².